The van der Waals surface area contributed by atoms with Crippen molar-refractivity contribution in [2.75, 3.05) is 7.11 Å². The van der Waals surface area contributed by atoms with Crippen LogP contribution in [0.15, 0.2) is 5.51 Å². The van der Waals surface area contributed by atoms with E-state index in [0.717, 1.165) is 0 Å². The number of nitrogens with zero attached hydrogens (tertiary/aromatic N) is 2. The molecule has 0 bridgehead atoms. The molecule has 0 radical (unpaired) electrons. The van der Waals surface area contributed by atoms with Crippen LogP contribution in [0.4, 0.5) is 0 Å². The molecule has 0 saturated heterocycles. The fourth-order valence-corrected chi connectivity index (χ4v) is 1.67. The topological polar surface area (TPSA) is 63.0 Å². The van der Waals surface area contributed by atoms with Gasteiger partial charge in [0, 0.05) is 0 Å². The van der Waals surface area contributed by atoms with Crippen LogP contribution in [-0.4, -0.2) is 18.1 Å². The summed E-state index contributed by atoms with van der Waals surface area (Å²) in [5.74, 6) is -0.806. The molecule has 0 aromatic carbocycles. The van der Waals surface area contributed by atoms with Crippen LogP contribution in [0, 0.1) is 11.3 Å². The molecule has 0 saturated carbocycles. The molecule has 0 spiro atoms. The van der Waals surface area contributed by atoms with Crippen molar-refractivity contribution < 1.29 is 9.53 Å². The minimum absolute atomic E-state index is 0.375. The maximum atomic E-state index is 11.2. The molecule has 0 aliphatic heterocycles. The van der Waals surface area contributed by atoms with Crippen LogP contribution in [0.2, 0.25) is 0 Å². The quantitative estimate of drug-likeness (QED) is 0.673. The van der Waals surface area contributed by atoms with Gasteiger partial charge < -0.3 is 4.74 Å². The number of hydrogen-bond donors (Lipinski definition) is 0. The minimum atomic E-state index is -0.431. The Hall–Kier alpha value is -1.41. The molecule has 0 N–H and O–H groups in total. The third kappa shape index (κ3) is 1.84. The summed E-state index contributed by atoms with van der Waals surface area (Å²) in [4.78, 5) is 15.5. The SMILES string of the molecule is COC(=O)c1scnc1C(C)C#N. The van der Waals surface area contributed by atoms with Crippen LogP contribution in [0.3, 0.4) is 0 Å². The van der Waals surface area contributed by atoms with Gasteiger partial charge in [-0.1, -0.05) is 0 Å². The van der Waals surface area contributed by atoms with Gasteiger partial charge in [-0.2, -0.15) is 5.26 Å². The van der Waals surface area contributed by atoms with E-state index in [1.165, 1.54) is 24.0 Å². The second-order valence-corrected chi connectivity index (χ2v) is 3.26. The number of nitriles is 1. The summed E-state index contributed by atoms with van der Waals surface area (Å²) in [5.41, 5.74) is 2.04. The van der Waals surface area contributed by atoms with Crippen LogP contribution >= 0.6 is 11.3 Å². The van der Waals surface area contributed by atoms with Crippen molar-refractivity contribution in [1.82, 2.24) is 4.98 Å². The van der Waals surface area contributed by atoms with Gasteiger partial charge in [0.2, 0.25) is 0 Å². The van der Waals surface area contributed by atoms with Crippen molar-refractivity contribution in [3.8, 4) is 6.07 Å². The summed E-state index contributed by atoms with van der Waals surface area (Å²) in [6.45, 7) is 1.70. The van der Waals surface area contributed by atoms with Gasteiger partial charge in [-0.15, -0.1) is 11.3 Å². The summed E-state index contributed by atoms with van der Waals surface area (Å²) >= 11 is 1.19. The maximum Gasteiger partial charge on any atom is 0.350 e. The third-order valence-corrected chi connectivity index (χ3v) is 2.39. The first-order chi connectivity index (χ1) is 6.20. The Labute approximate surface area is 79.8 Å². The molecular weight excluding hydrogens is 188 g/mol. The third-order valence-electron chi connectivity index (χ3n) is 1.57. The standard InChI is InChI=1S/C8H8N2O2S/c1-5(3-9)6-7(8(11)12-2)13-4-10-6/h4-5H,1-2H3. The highest BCUT2D eigenvalue weighted by molar-refractivity contribution is 7.11. The highest BCUT2D eigenvalue weighted by Gasteiger charge is 2.19. The van der Waals surface area contributed by atoms with Gasteiger partial charge >= 0.3 is 5.97 Å². The lowest BCUT2D eigenvalue weighted by molar-refractivity contribution is 0.0604. The number of hydrogen-bond acceptors (Lipinski definition) is 5. The molecule has 1 rings (SSSR count). The van der Waals surface area contributed by atoms with Crippen molar-refractivity contribution in [3.05, 3.63) is 16.1 Å². The van der Waals surface area contributed by atoms with Crippen LogP contribution < -0.4 is 0 Å². The first-order valence-corrected chi connectivity index (χ1v) is 4.50. The van der Waals surface area contributed by atoms with E-state index >= 15 is 0 Å². The van der Waals surface area contributed by atoms with Gasteiger partial charge in [-0.3, -0.25) is 0 Å². The highest BCUT2D eigenvalue weighted by atomic mass is 32.1. The van der Waals surface area contributed by atoms with E-state index in [2.05, 4.69) is 9.72 Å². The van der Waals surface area contributed by atoms with E-state index in [4.69, 9.17) is 5.26 Å². The average Bonchev–Trinajstić information content (AvgIpc) is 2.63. The second kappa shape index (κ2) is 4.01. The van der Waals surface area contributed by atoms with Crippen molar-refractivity contribution in [1.29, 1.82) is 5.26 Å². The lowest BCUT2D eigenvalue weighted by Gasteiger charge is -2.00. The Kier molecular flexibility index (Phi) is 2.98. The largest absolute Gasteiger partial charge is 0.465 e. The van der Waals surface area contributed by atoms with Crippen molar-refractivity contribution in [3.63, 3.8) is 0 Å². The number of aromatic nitrogens is 1. The average molecular weight is 196 g/mol. The molecule has 0 aliphatic rings. The van der Waals surface area contributed by atoms with E-state index in [-0.39, 0.29) is 5.92 Å². The second-order valence-electron chi connectivity index (χ2n) is 2.41. The first-order valence-electron chi connectivity index (χ1n) is 3.62. The van der Waals surface area contributed by atoms with Gasteiger partial charge in [0.15, 0.2) is 0 Å². The predicted octanol–water partition coefficient (Wildman–Crippen LogP) is 1.56. The molecule has 1 atom stereocenters. The Morgan fingerprint density at radius 2 is 2.54 bits per heavy atom. The number of methoxy groups -OCH3 is 1. The lowest BCUT2D eigenvalue weighted by atomic mass is 10.1. The summed E-state index contributed by atoms with van der Waals surface area (Å²) < 4.78 is 4.55. The molecule has 0 aliphatic carbocycles. The van der Waals surface area contributed by atoms with Gasteiger partial charge in [0.1, 0.15) is 4.88 Å². The van der Waals surface area contributed by atoms with Gasteiger partial charge in [0.05, 0.1) is 30.3 Å². The molecular formula is C8H8N2O2S. The number of rotatable bonds is 2. The maximum absolute atomic E-state index is 11.2. The number of carbonyl (C=O) groups excluding carboxylic acids is 1. The molecule has 1 aromatic heterocycles. The number of thiazole rings is 1. The van der Waals surface area contributed by atoms with Crippen LogP contribution in [0.5, 0.6) is 0 Å². The van der Waals surface area contributed by atoms with Gasteiger partial charge in [-0.05, 0) is 6.92 Å². The molecule has 0 amide bonds. The fourth-order valence-electron chi connectivity index (χ4n) is 0.870. The molecule has 13 heavy (non-hydrogen) atoms. The number of esters is 1. The van der Waals surface area contributed by atoms with Crippen LogP contribution in [0.1, 0.15) is 28.2 Å². The first kappa shape index (κ1) is 9.68. The highest BCUT2D eigenvalue weighted by Crippen LogP contribution is 2.21. The van der Waals surface area contributed by atoms with Crippen molar-refractivity contribution >= 4 is 17.3 Å². The van der Waals surface area contributed by atoms with Crippen molar-refractivity contribution in [2.24, 2.45) is 0 Å². The monoisotopic (exact) mass is 196 g/mol. The summed E-state index contributed by atoms with van der Waals surface area (Å²) in [6.07, 6.45) is 0. The molecule has 1 unspecified atom stereocenters. The minimum Gasteiger partial charge on any atom is -0.465 e. The molecule has 4 nitrogen and oxygen atoms in total. The number of ether oxygens (including phenoxy) is 1. The van der Waals surface area contributed by atoms with Crippen LogP contribution in [-0.2, 0) is 4.74 Å². The Bertz CT molecular complexity index is 353. The molecule has 68 valence electrons. The van der Waals surface area contributed by atoms with E-state index in [1.807, 2.05) is 6.07 Å². The van der Waals surface area contributed by atoms with E-state index < -0.39 is 5.97 Å². The zero-order chi connectivity index (χ0) is 9.84. The van der Waals surface area contributed by atoms with E-state index in [1.54, 1.807) is 6.92 Å². The molecule has 1 aromatic rings. The Morgan fingerprint density at radius 1 is 1.85 bits per heavy atom. The van der Waals surface area contributed by atoms with Crippen LogP contribution in [0.25, 0.3) is 0 Å². The predicted molar refractivity (Wildman–Crippen MR) is 47.5 cm³/mol. The summed E-state index contributed by atoms with van der Waals surface area (Å²) in [6, 6.07) is 2.02. The molecule has 1 heterocycles. The zero-order valence-electron chi connectivity index (χ0n) is 7.27. The number of carbonyl (C=O) groups is 1. The molecule has 0 fully saturated rings. The normalized spacial score (nSPS) is 11.8. The summed E-state index contributed by atoms with van der Waals surface area (Å²) in [5, 5.41) is 8.65. The van der Waals surface area contributed by atoms with Gasteiger partial charge in [0.25, 0.3) is 0 Å². The zero-order valence-corrected chi connectivity index (χ0v) is 8.09. The smallest absolute Gasteiger partial charge is 0.350 e. The fraction of sp³-hybridized carbons (Fsp3) is 0.375. The van der Waals surface area contributed by atoms with E-state index in [0.29, 0.717) is 10.6 Å². The van der Waals surface area contributed by atoms with Gasteiger partial charge in [-0.25, -0.2) is 9.78 Å². The van der Waals surface area contributed by atoms with Crippen molar-refractivity contribution in [2.45, 2.75) is 12.8 Å². The Balaban J connectivity index is 3.04. The lowest BCUT2D eigenvalue weighted by Crippen LogP contribution is -2.04. The Morgan fingerprint density at radius 3 is 3.08 bits per heavy atom. The molecule has 5 heteroatoms. The van der Waals surface area contributed by atoms with E-state index in [9.17, 15) is 4.79 Å². The summed E-state index contributed by atoms with van der Waals surface area (Å²) in [7, 11) is 1.31.